The molecule has 41 heavy (non-hydrogen) atoms. The zero-order valence-corrected chi connectivity index (χ0v) is 24.1. The molecule has 0 aliphatic heterocycles. The number of ether oxygens (including phenoxy) is 3. The van der Waals surface area contributed by atoms with Crippen molar-refractivity contribution in [3.8, 4) is 40.8 Å². The monoisotopic (exact) mass is 625 g/mol. The van der Waals surface area contributed by atoms with Crippen LogP contribution in [0.4, 0.5) is 0 Å². The van der Waals surface area contributed by atoms with Gasteiger partial charge in [0, 0.05) is 10.6 Å². The van der Waals surface area contributed by atoms with Gasteiger partial charge in [0.15, 0.2) is 5.75 Å². The van der Waals surface area contributed by atoms with E-state index >= 15 is 0 Å². The van der Waals surface area contributed by atoms with Crippen molar-refractivity contribution in [2.75, 3.05) is 7.11 Å². The Kier molecular flexibility index (Phi) is 9.02. The van der Waals surface area contributed by atoms with Crippen LogP contribution in [0.5, 0.6) is 17.5 Å². The van der Waals surface area contributed by atoms with Crippen LogP contribution >= 0.6 is 46.4 Å². The number of aromatic nitrogens is 1. The Morgan fingerprint density at radius 3 is 1.76 bits per heavy atom. The van der Waals surface area contributed by atoms with Gasteiger partial charge in [-0.2, -0.15) is 15.5 Å². The van der Waals surface area contributed by atoms with Crippen molar-refractivity contribution in [3.63, 3.8) is 0 Å². The summed E-state index contributed by atoms with van der Waals surface area (Å²) in [6.07, 6.45) is 0. The summed E-state index contributed by atoms with van der Waals surface area (Å²) in [4.78, 5) is 30.7. The summed E-state index contributed by atoms with van der Waals surface area (Å²) in [6, 6.07) is 17.9. The van der Waals surface area contributed by atoms with Crippen LogP contribution < -0.4 is 14.2 Å². The number of pyridine rings is 1. The molecule has 0 atom stereocenters. The van der Waals surface area contributed by atoms with E-state index in [1.165, 1.54) is 31.4 Å². The number of hydrogen-bond acceptors (Lipinski definition) is 8. The second-order valence-corrected chi connectivity index (χ2v) is 9.81. The van der Waals surface area contributed by atoms with Gasteiger partial charge < -0.3 is 14.2 Å². The van der Waals surface area contributed by atoms with Crippen molar-refractivity contribution in [2.45, 2.75) is 6.92 Å². The first-order valence-electron chi connectivity index (χ1n) is 11.5. The molecule has 0 aliphatic carbocycles. The van der Waals surface area contributed by atoms with E-state index in [-0.39, 0.29) is 53.7 Å². The lowest BCUT2D eigenvalue weighted by Gasteiger charge is -2.16. The van der Waals surface area contributed by atoms with Crippen molar-refractivity contribution >= 4 is 58.3 Å². The van der Waals surface area contributed by atoms with E-state index in [0.717, 1.165) is 0 Å². The van der Waals surface area contributed by atoms with Crippen molar-refractivity contribution in [1.29, 1.82) is 10.5 Å². The van der Waals surface area contributed by atoms with Gasteiger partial charge in [0.1, 0.15) is 28.8 Å². The topological polar surface area (TPSA) is 122 Å². The molecule has 0 amide bonds. The van der Waals surface area contributed by atoms with Gasteiger partial charge in [-0.3, -0.25) is 0 Å². The molecule has 0 N–H and O–H groups in total. The third kappa shape index (κ3) is 5.78. The van der Waals surface area contributed by atoms with E-state index in [9.17, 15) is 20.1 Å². The van der Waals surface area contributed by atoms with Crippen LogP contribution in [-0.4, -0.2) is 24.0 Å². The van der Waals surface area contributed by atoms with Crippen molar-refractivity contribution in [1.82, 2.24) is 4.98 Å². The lowest BCUT2D eigenvalue weighted by atomic mass is 9.97. The molecule has 4 rings (SSSR count). The number of carbonyl (C=O) groups excluding carboxylic acids is 2. The average molecular weight is 627 g/mol. The molecule has 0 bridgehead atoms. The summed E-state index contributed by atoms with van der Waals surface area (Å²) in [5, 5.41) is 20.5. The Morgan fingerprint density at radius 1 is 0.732 bits per heavy atom. The summed E-state index contributed by atoms with van der Waals surface area (Å²) in [7, 11) is 1.28. The van der Waals surface area contributed by atoms with Crippen molar-refractivity contribution in [3.05, 3.63) is 103 Å². The highest BCUT2D eigenvalue weighted by Gasteiger charge is 2.29. The zero-order chi connectivity index (χ0) is 29.8. The number of nitrogens with zero attached hydrogens (tertiary/aromatic N) is 3. The van der Waals surface area contributed by atoms with Gasteiger partial charge in [0.2, 0.25) is 11.8 Å². The Balaban J connectivity index is 1.93. The van der Waals surface area contributed by atoms with Crippen LogP contribution in [0.1, 0.15) is 37.4 Å². The van der Waals surface area contributed by atoms with E-state index in [1.54, 1.807) is 37.3 Å². The minimum absolute atomic E-state index is 0.00858. The predicted molar refractivity (Wildman–Crippen MR) is 153 cm³/mol. The second kappa shape index (κ2) is 12.5. The molecule has 0 radical (unpaired) electrons. The number of benzene rings is 3. The molecule has 3 aromatic carbocycles. The van der Waals surface area contributed by atoms with Gasteiger partial charge in [-0.1, -0.05) is 76.7 Å². The maximum absolute atomic E-state index is 13.3. The predicted octanol–water partition coefficient (Wildman–Crippen LogP) is 7.86. The minimum Gasteiger partial charge on any atom is -0.494 e. The quantitative estimate of drug-likeness (QED) is 0.198. The van der Waals surface area contributed by atoms with Crippen LogP contribution in [0.15, 0.2) is 54.6 Å². The highest BCUT2D eigenvalue weighted by molar-refractivity contribution is 6.37. The summed E-state index contributed by atoms with van der Waals surface area (Å²) in [5.41, 5.74) is -0.136. The highest BCUT2D eigenvalue weighted by Crippen LogP contribution is 2.40. The summed E-state index contributed by atoms with van der Waals surface area (Å²) >= 11 is 24.8. The van der Waals surface area contributed by atoms with Gasteiger partial charge in [-0.05, 0) is 42.3 Å². The first-order chi connectivity index (χ1) is 19.6. The highest BCUT2D eigenvalue weighted by atomic mass is 35.5. The molecule has 8 nitrogen and oxygen atoms in total. The number of halogens is 4. The van der Waals surface area contributed by atoms with E-state index in [4.69, 9.17) is 60.6 Å². The largest absolute Gasteiger partial charge is 0.494 e. The third-order valence-corrected chi connectivity index (χ3v) is 7.15. The number of carbonyl (C=O) groups is 2. The molecule has 1 heterocycles. The molecule has 12 heteroatoms. The molecule has 0 unspecified atom stereocenters. The Hall–Kier alpha value is -4.31. The van der Waals surface area contributed by atoms with E-state index < -0.39 is 23.7 Å². The van der Waals surface area contributed by atoms with Gasteiger partial charge in [-0.25, -0.2) is 9.59 Å². The zero-order valence-electron chi connectivity index (χ0n) is 21.1. The average Bonchev–Trinajstić information content (AvgIpc) is 2.96. The van der Waals surface area contributed by atoms with E-state index in [1.807, 2.05) is 12.1 Å². The summed E-state index contributed by atoms with van der Waals surface area (Å²) in [6.45, 7) is 1.56. The normalized spacial score (nSPS) is 10.3. The summed E-state index contributed by atoms with van der Waals surface area (Å²) in [5.74, 6) is -3.24. The molecule has 1 aromatic heterocycles. The van der Waals surface area contributed by atoms with Crippen LogP contribution in [0.2, 0.25) is 20.1 Å². The fraction of sp³-hybridized carbons (Fsp3) is 0.0690. The lowest BCUT2D eigenvalue weighted by Crippen LogP contribution is -2.17. The molecule has 0 aliphatic rings. The number of hydrogen-bond donors (Lipinski definition) is 0. The molecular formula is C29H15Cl4N3O5. The fourth-order valence-corrected chi connectivity index (χ4v) is 4.80. The Labute approximate surface area is 254 Å². The smallest absolute Gasteiger partial charge is 0.350 e. The third-order valence-electron chi connectivity index (χ3n) is 5.81. The first kappa shape index (κ1) is 29.7. The molecule has 0 saturated heterocycles. The number of rotatable bonds is 6. The molecule has 0 spiro atoms. The van der Waals surface area contributed by atoms with Crippen LogP contribution in [0.3, 0.4) is 0 Å². The Bertz CT molecular complexity index is 1800. The minimum atomic E-state index is -1.08. The van der Waals surface area contributed by atoms with Gasteiger partial charge in [0.25, 0.3) is 0 Å². The lowest BCUT2D eigenvalue weighted by molar-refractivity contribution is 0.0715. The number of methoxy groups -OCH3 is 1. The standard InChI is InChI=1S/C29H15Cl4N3O5/c1-14-18(30)8-9-19(31)22(14)28(37)40-26-16(12-34)23(15-6-4-3-5-7-15)17(13-35)27(36-26)41-29(38)24-20(32)10-11-21(33)25(24)39-2/h3-11H,1-2H3. The SMILES string of the molecule is COc1c(Cl)ccc(Cl)c1C(=O)Oc1nc(OC(=O)c2c(Cl)ccc(Cl)c2C)c(C#N)c(-c2ccccc2)c1C#N. The molecule has 0 saturated carbocycles. The molecular weight excluding hydrogens is 612 g/mol. The van der Waals surface area contributed by atoms with Gasteiger partial charge in [-0.15, -0.1) is 0 Å². The molecule has 4 aromatic rings. The number of esters is 2. The maximum Gasteiger partial charge on any atom is 0.350 e. The molecule has 0 fully saturated rings. The Morgan fingerprint density at radius 2 is 1.22 bits per heavy atom. The second-order valence-electron chi connectivity index (χ2n) is 8.18. The van der Waals surface area contributed by atoms with Crippen LogP contribution in [-0.2, 0) is 0 Å². The van der Waals surface area contributed by atoms with Gasteiger partial charge >= 0.3 is 11.9 Å². The maximum atomic E-state index is 13.3. The fourth-order valence-electron chi connectivity index (χ4n) is 3.90. The van der Waals surface area contributed by atoms with Crippen LogP contribution in [0.25, 0.3) is 11.1 Å². The molecule has 204 valence electrons. The van der Waals surface area contributed by atoms with Crippen molar-refractivity contribution in [2.24, 2.45) is 0 Å². The van der Waals surface area contributed by atoms with E-state index in [2.05, 4.69) is 4.98 Å². The summed E-state index contributed by atoms with van der Waals surface area (Å²) < 4.78 is 16.3. The van der Waals surface area contributed by atoms with E-state index in [0.29, 0.717) is 11.1 Å². The van der Waals surface area contributed by atoms with Gasteiger partial charge in [0.05, 0.1) is 27.7 Å². The van der Waals surface area contributed by atoms with Crippen LogP contribution in [0, 0.1) is 29.6 Å². The first-order valence-corrected chi connectivity index (χ1v) is 13.0. The van der Waals surface area contributed by atoms with Crippen molar-refractivity contribution < 1.29 is 23.8 Å². The number of nitriles is 2.